The normalized spacial score (nSPS) is 14.0. The summed E-state index contributed by atoms with van der Waals surface area (Å²) in [5, 5.41) is 2.15. The average molecular weight is 340 g/mol. The van der Waals surface area contributed by atoms with Gasteiger partial charge in [-0.1, -0.05) is 26.0 Å². The molecular weight excluding hydrogens is 315 g/mol. The fourth-order valence-electron chi connectivity index (χ4n) is 2.95. The van der Waals surface area contributed by atoms with Crippen LogP contribution < -0.4 is 5.32 Å². The first kappa shape index (κ1) is 18.6. The van der Waals surface area contributed by atoms with E-state index in [2.05, 4.69) is 26.1 Å². The quantitative estimate of drug-likeness (QED) is 0.828. The molecule has 0 saturated carbocycles. The molecule has 0 amide bonds. The fourth-order valence-corrected chi connectivity index (χ4v) is 2.95. The molecule has 2 nitrogen and oxygen atoms in total. The third-order valence-electron chi connectivity index (χ3n) is 4.28. The Morgan fingerprint density at radius 3 is 2.17 bits per heavy atom. The van der Waals surface area contributed by atoms with Crippen molar-refractivity contribution in [2.24, 2.45) is 0 Å². The van der Waals surface area contributed by atoms with Crippen molar-refractivity contribution in [1.82, 2.24) is 0 Å². The first-order valence-corrected chi connectivity index (χ1v) is 8.14. The van der Waals surface area contributed by atoms with E-state index in [0.29, 0.717) is 12.6 Å². The lowest BCUT2D eigenvalue weighted by Crippen LogP contribution is -2.88. The lowest BCUT2D eigenvalue weighted by molar-refractivity contribution is -0.702. The predicted octanol–water partition coefficient (Wildman–Crippen LogP) is 4.43. The molecule has 0 radical (unpaired) electrons. The summed E-state index contributed by atoms with van der Waals surface area (Å²) in [6.45, 7) is 9.01. The molecule has 5 heteroatoms. The molecular formula is C19H25F3NO+. The van der Waals surface area contributed by atoms with Crippen LogP contribution in [0.15, 0.2) is 40.8 Å². The summed E-state index contributed by atoms with van der Waals surface area (Å²) >= 11 is 0. The molecule has 0 spiro atoms. The van der Waals surface area contributed by atoms with E-state index in [9.17, 15) is 13.2 Å². The summed E-state index contributed by atoms with van der Waals surface area (Å²) in [4.78, 5) is 0. The SMILES string of the molecule is Cc1ccc(C(C)(C)C[C@@H](C)[NH2+]Cc2ccc(C(F)(F)F)cc2)o1. The van der Waals surface area contributed by atoms with E-state index in [0.717, 1.165) is 35.6 Å². The van der Waals surface area contributed by atoms with Crippen LogP contribution in [0, 0.1) is 6.92 Å². The summed E-state index contributed by atoms with van der Waals surface area (Å²) in [6, 6.07) is 9.69. The number of nitrogens with two attached hydrogens (primary N) is 1. The van der Waals surface area contributed by atoms with E-state index in [-0.39, 0.29) is 5.41 Å². The zero-order valence-corrected chi connectivity index (χ0v) is 14.6. The zero-order chi connectivity index (χ0) is 18.0. The molecule has 2 rings (SSSR count). The van der Waals surface area contributed by atoms with E-state index in [1.807, 2.05) is 19.1 Å². The van der Waals surface area contributed by atoms with E-state index in [1.165, 1.54) is 0 Å². The van der Waals surface area contributed by atoms with Gasteiger partial charge in [0.15, 0.2) is 0 Å². The Morgan fingerprint density at radius 1 is 1.04 bits per heavy atom. The third-order valence-corrected chi connectivity index (χ3v) is 4.28. The Bertz CT molecular complexity index is 656. The summed E-state index contributed by atoms with van der Waals surface area (Å²) in [7, 11) is 0. The largest absolute Gasteiger partial charge is 0.466 e. The summed E-state index contributed by atoms with van der Waals surface area (Å²) in [5.74, 6) is 1.87. The Balaban J connectivity index is 1.90. The first-order chi connectivity index (χ1) is 11.1. The van der Waals surface area contributed by atoms with Crippen LogP contribution in [0.3, 0.4) is 0 Å². The van der Waals surface area contributed by atoms with Gasteiger partial charge in [0.1, 0.15) is 18.1 Å². The molecule has 0 aliphatic carbocycles. The Labute approximate surface area is 141 Å². The van der Waals surface area contributed by atoms with E-state index >= 15 is 0 Å². The summed E-state index contributed by atoms with van der Waals surface area (Å²) in [5.41, 5.74) is 0.208. The van der Waals surface area contributed by atoms with Crippen molar-refractivity contribution < 1.29 is 22.9 Å². The van der Waals surface area contributed by atoms with Crippen LogP contribution in [0.25, 0.3) is 0 Å². The molecule has 0 fully saturated rings. The molecule has 132 valence electrons. The number of hydrogen-bond acceptors (Lipinski definition) is 1. The van der Waals surface area contributed by atoms with E-state index in [1.54, 1.807) is 12.1 Å². The lowest BCUT2D eigenvalue weighted by Gasteiger charge is -2.25. The fraction of sp³-hybridized carbons (Fsp3) is 0.474. The van der Waals surface area contributed by atoms with Gasteiger partial charge in [0, 0.05) is 17.4 Å². The van der Waals surface area contributed by atoms with Gasteiger partial charge in [-0.15, -0.1) is 0 Å². The second-order valence-electron chi connectivity index (χ2n) is 7.11. The number of aryl methyl sites for hydroxylation is 1. The Hall–Kier alpha value is -1.75. The number of benzene rings is 1. The summed E-state index contributed by atoms with van der Waals surface area (Å²) < 4.78 is 43.4. The molecule has 0 bridgehead atoms. The number of halogens is 3. The van der Waals surface area contributed by atoms with Gasteiger partial charge in [0.05, 0.1) is 11.6 Å². The van der Waals surface area contributed by atoms with Gasteiger partial charge in [0.2, 0.25) is 0 Å². The van der Waals surface area contributed by atoms with Crippen LogP contribution >= 0.6 is 0 Å². The monoisotopic (exact) mass is 340 g/mol. The second-order valence-corrected chi connectivity index (χ2v) is 7.11. The van der Waals surface area contributed by atoms with E-state index < -0.39 is 11.7 Å². The van der Waals surface area contributed by atoms with Crippen LogP contribution in [-0.2, 0) is 18.1 Å². The van der Waals surface area contributed by atoms with Crippen molar-refractivity contribution in [3.05, 3.63) is 59.0 Å². The van der Waals surface area contributed by atoms with Gasteiger partial charge >= 0.3 is 6.18 Å². The highest BCUT2D eigenvalue weighted by Gasteiger charge is 2.30. The molecule has 2 aromatic rings. The third kappa shape index (κ3) is 4.87. The molecule has 0 aliphatic heterocycles. The first-order valence-electron chi connectivity index (χ1n) is 8.14. The minimum atomic E-state index is -4.28. The smallest absolute Gasteiger partial charge is 0.416 e. The van der Waals surface area contributed by atoms with Crippen LogP contribution in [0.5, 0.6) is 0 Å². The van der Waals surface area contributed by atoms with Crippen LogP contribution in [0.2, 0.25) is 0 Å². The standard InChI is InChI=1S/C19H24F3NO/c1-13(11-18(3,4)17-10-5-14(2)24-17)23-12-15-6-8-16(9-7-15)19(20,21)22/h5-10,13,23H,11-12H2,1-4H3/p+1/t13-/m1/s1. The maximum atomic E-state index is 12.6. The maximum absolute atomic E-state index is 12.6. The van der Waals surface area contributed by atoms with Crippen LogP contribution in [0.4, 0.5) is 13.2 Å². The van der Waals surface area contributed by atoms with Gasteiger partial charge in [-0.25, -0.2) is 0 Å². The van der Waals surface area contributed by atoms with Crippen LogP contribution in [-0.4, -0.2) is 6.04 Å². The predicted molar refractivity (Wildman–Crippen MR) is 87.6 cm³/mol. The average Bonchev–Trinajstić information content (AvgIpc) is 2.92. The van der Waals surface area contributed by atoms with Gasteiger partial charge in [-0.05, 0) is 38.1 Å². The topological polar surface area (TPSA) is 29.8 Å². The molecule has 1 heterocycles. The number of rotatable bonds is 6. The molecule has 1 aromatic carbocycles. The van der Waals surface area contributed by atoms with Gasteiger partial charge < -0.3 is 9.73 Å². The molecule has 1 atom stereocenters. The minimum absolute atomic E-state index is 0.0790. The Morgan fingerprint density at radius 2 is 1.67 bits per heavy atom. The minimum Gasteiger partial charge on any atom is -0.466 e. The van der Waals surface area contributed by atoms with Gasteiger partial charge in [-0.2, -0.15) is 13.2 Å². The van der Waals surface area contributed by atoms with Crippen molar-refractivity contribution in [3.63, 3.8) is 0 Å². The maximum Gasteiger partial charge on any atom is 0.416 e. The molecule has 0 unspecified atom stereocenters. The van der Waals surface area contributed by atoms with Crippen molar-refractivity contribution in [3.8, 4) is 0 Å². The van der Waals surface area contributed by atoms with Gasteiger partial charge in [-0.3, -0.25) is 0 Å². The highest BCUT2D eigenvalue weighted by Crippen LogP contribution is 2.30. The number of hydrogen-bond donors (Lipinski definition) is 1. The van der Waals surface area contributed by atoms with Crippen molar-refractivity contribution >= 4 is 0 Å². The van der Waals surface area contributed by atoms with Crippen LogP contribution in [0.1, 0.15) is 49.8 Å². The zero-order valence-electron chi connectivity index (χ0n) is 14.6. The van der Waals surface area contributed by atoms with Crippen molar-refractivity contribution in [2.75, 3.05) is 0 Å². The van der Waals surface area contributed by atoms with Crippen molar-refractivity contribution in [2.45, 2.75) is 58.3 Å². The molecule has 1 aromatic heterocycles. The molecule has 0 aliphatic rings. The van der Waals surface area contributed by atoms with Crippen molar-refractivity contribution in [1.29, 1.82) is 0 Å². The molecule has 2 N–H and O–H groups in total. The number of furan rings is 1. The molecule has 0 saturated heterocycles. The highest BCUT2D eigenvalue weighted by atomic mass is 19.4. The summed E-state index contributed by atoms with van der Waals surface area (Å²) in [6.07, 6.45) is -3.36. The second kappa shape index (κ2) is 7.01. The lowest BCUT2D eigenvalue weighted by atomic mass is 9.83. The van der Waals surface area contributed by atoms with Gasteiger partial charge in [0.25, 0.3) is 0 Å². The number of alkyl halides is 3. The Kier molecular flexibility index (Phi) is 5.43. The highest BCUT2D eigenvalue weighted by molar-refractivity contribution is 5.24. The molecule has 24 heavy (non-hydrogen) atoms. The van der Waals surface area contributed by atoms with E-state index in [4.69, 9.17) is 4.42 Å². The number of quaternary nitrogens is 1.